The number of carboxylic acid groups (broad SMARTS) is 1. The SMILES string of the molecule is CCc1cc(CC(N)C(=O)O)c(C)cc1F. The summed E-state index contributed by atoms with van der Waals surface area (Å²) < 4.78 is 13.4. The van der Waals surface area contributed by atoms with Crippen LogP contribution >= 0.6 is 0 Å². The Morgan fingerprint density at radius 2 is 2.12 bits per heavy atom. The molecule has 0 spiro atoms. The van der Waals surface area contributed by atoms with E-state index in [0.29, 0.717) is 12.0 Å². The van der Waals surface area contributed by atoms with Crippen molar-refractivity contribution in [3.05, 3.63) is 34.6 Å². The van der Waals surface area contributed by atoms with Gasteiger partial charge in [-0.3, -0.25) is 4.79 Å². The first kappa shape index (κ1) is 12.6. The molecule has 4 heteroatoms. The normalized spacial score (nSPS) is 12.5. The minimum atomic E-state index is -1.04. The fraction of sp³-hybridized carbons (Fsp3) is 0.417. The molecule has 0 bridgehead atoms. The van der Waals surface area contributed by atoms with Gasteiger partial charge in [0, 0.05) is 0 Å². The van der Waals surface area contributed by atoms with Crippen molar-refractivity contribution in [2.45, 2.75) is 32.7 Å². The number of aliphatic carboxylic acids is 1. The molecule has 0 radical (unpaired) electrons. The second-order valence-corrected chi connectivity index (χ2v) is 3.87. The molecular weight excluding hydrogens is 209 g/mol. The predicted octanol–water partition coefficient (Wildman–Crippen LogP) is 1.65. The molecule has 3 nitrogen and oxygen atoms in total. The highest BCUT2D eigenvalue weighted by Crippen LogP contribution is 2.17. The van der Waals surface area contributed by atoms with E-state index in [4.69, 9.17) is 10.8 Å². The molecule has 1 aromatic carbocycles. The first-order chi connectivity index (χ1) is 7.45. The summed E-state index contributed by atoms with van der Waals surface area (Å²) in [6, 6.07) is 2.20. The quantitative estimate of drug-likeness (QED) is 0.819. The summed E-state index contributed by atoms with van der Waals surface area (Å²) in [7, 11) is 0. The molecular formula is C12H16FNO2. The van der Waals surface area contributed by atoms with Crippen LogP contribution in [0.1, 0.15) is 23.6 Å². The van der Waals surface area contributed by atoms with E-state index in [2.05, 4.69) is 0 Å². The Bertz CT molecular complexity index is 404. The number of hydrogen-bond acceptors (Lipinski definition) is 2. The Labute approximate surface area is 94.1 Å². The minimum absolute atomic E-state index is 0.231. The Morgan fingerprint density at radius 3 is 2.62 bits per heavy atom. The number of benzene rings is 1. The highest BCUT2D eigenvalue weighted by molar-refractivity contribution is 5.73. The fourth-order valence-electron chi connectivity index (χ4n) is 1.58. The lowest BCUT2D eigenvalue weighted by Crippen LogP contribution is -2.32. The lowest BCUT2D eigenvalue weighted by molar-refractivity contribution is -0.138. The number of carbonyl (C=O) groups is 1. The lowest BCUT2D eigenvalue weighted by Gasteiger charge is -2.11. The first-order valence-corrected chi connectivity index (χ1v) is 5.22. The maximum Gasteiger partial charge on any atom is 0.320 e. The highest BCUT2D eigenvalue weighted by Gasteiger charge is 2.14. The van der Waals surface area contributed by atoms with Crippen LogP contribution < -0.4 is 5.73 Å². The molecule has 0 saturated carbocycles. The standard InChI is InChI=1S/C12H16FNO2/c1-3-8-5-9(6-11(14)12(15)16)7(2)4-10(8)13/h4-5,11H,3,6,14H2,1-2H3,(H,15,16). The number of aryl methyl sites for hydroxylation is 2. The Hall–Kier alpha value is -1.42. The molecule has 0 fully saturated rings. The maximum atomic E-state index is 13.4. The van der Waals surface area contributed by atoms with Crippen LogP contribution in [-0.4, -0.2) is 17.1 Å². The van der Waals surface area contributed by atoms with Gasteiger partial charge in [-0.05, 0) is 42.5 Å². The molecule has 0 saturated heterocycles. The zero-order valence-corrected chi connectivity index (χ0v) is 9.46. The van der Waals surface area contributed by atoms with Crippen LogP contribution in [0.25, 0.3) is 0 Å². The summed E-state index contributed by atoms with van der Waals surface area (Å²) in [4.78, 5) is 10.6. The molecule has 0 heterocycles. The smallest absolute Gasteiger partial charge is 0.320 e. The zero-order valence-electron chi connectivity index (χ0n) is 9.46. The number of nitrogens with two attached hydrogens (primary N) is 1. The second kappa shape index (κ2) is 5.07. The third-order valence-electron chi connectivity index (χ3n) is 2.64. The maximum absolute atomic E-state index is 13.4. The molecule has 1 rings (SSSR count). The number of hydrogen-bond donors (Lipinski definition) is 2. The van der Waals surface area contributed by atoms with E-state index >= 15 is 0 Å². The second-order valence-electron chi connectivity index (χ2n) is 3.87. The topological polar surface area (TPSA) is 63.3 Å². The molecule has 1 atom stereocenters. The monoisotopic (exact) mass is 225 g/mol. The van der Waals surface area contributed by atoms with Gasteiger partial charge in [-0.15, -0.1) is 0 Å². The van der Waals surface area contributed by atoms with Crippen LogP contribution in [0.15, 0.2) is 12.1 Å². The van der Waals surface area contributed by atoms with Crippen LogP contribution in [0.4, 0.5) is 4.39 Å². The lowest BCUT2D eigenvalue weighted by atomic mass is 9.97. The summed E-state index contributed by atoms with van der Waals surface area (Å²) in [6.07, 6.45) is 0.815. The number of carboxylic acids is 1. The van der Waals surface area contributed by atoms with Crippen LogP contribution in [0, 0.1) is 12.7 Å². The molecule has 0 aliphatic heterocycles. The van der Waals surface area contributed by atoms with Crippen LogP contribution in [0.3, 0.4) is 0 Å². The van der Waals surface area contributed by atoms with Crippen molar-refractivity contribution in [3.63, 3.8) is 0 Å². The van der Waals surface area contributed by atoms with E-state index in [0.717, 1.165) is 11.1 Å². The van der Waals surface area contributed by atoms with Gasteiger partial charge in [0.1, 0.15) is 11.9 Å². The fourth-order valence-corrected chi connectivity index (χ4v) is 1.58. The molecule has 0 aliphatic carbocycles. The van der Waals surface area contributed by atoms with E-state index in [9.17, 15) is 9.18 Å². The molecule has 0 amide bonds. The minimum Gasteiger partial charge on any atom is -0.480 e. The van der Waals surface area contributed by atoms with Crippen LogP contribution in [0.2, 0.25) is 0 Å². The Kier molecular flexibility index (Phi) is 4.01. The molecule has 0 aromatic heterocycles. The molecule has 3 N–H and O–H groups in total. The highest BCUT2D eigenvalue weighted by atomic mass is 19.1. The van der Waals surface area contributed by atoms with E-state index in [-0.39, 0.29) is 12.2 Å². The molecule has 88 valence electrons. The number of rotatable bonds is 4. The first-order valence-electron chi connectivity index (χ1n) is 5.22. The van der Waals surface area contributed by atoms with Crippen molar-refractivity contribution in [1.29, 1.82) is 0 Å². The van der Waals surface area contributed by atoms with Crippen LogP contribution in [0.5, 0.6) is 0 Å². The summed E-state index contributed by atoms with van der Waals surface area (Å²) in [5, 5.41) is 8.72. The van der Waals surface area contributed by atoms with E-state index in [1.807, 2.05) is 6.92 Å². The summed E-state index contributed by atoms with van der Waals surface area (Å²) in [5.41, 5.74) is 7.59. The van der Waals surface area contributed by atoms with Crippen molar-refractivity contribution in [2.24, 2.45) is 5.73 Å². The van der Waals surface area contributed by atoms with Gasteiger partial charge < -0.3 is 10.8 Å². The largest absolute Gasteiger partial charge is 0.480 e. The van der Waals surface area contributed by atoms with Crippen molar-refractivity contribution in [1.82, 2.24) is 0 Å². The Morgan fingerprint density at radius 1 is 1.50 bits per heavy atom. The Balaban J connectivity index is 3.00. The van der Waals surface area contributed by atoms with Gasteiger partial charge in [0.2, 0.25) is 0 Å². The van der Waals surface area contributed by atoms with Crippen molar-refractivity contribution in [2.75, 3.05) is 0 Å². The third-order valence-corrected chi connectivity index (χ3v) is 2.64. The van der Waals surface area contributed by atoms with E-state index in [1.54, 1.807) is 13.0 Å². The zero-order chi connectivity index (χ0) is 12.3. The van der Waals surface area contributed by atoms with Crippen molar-refractivity contribution >= 4 is 5.97 Å². The van der Waals surface area contributed by atoms with Gasteiger partial charge in [0.25, 0.3) is 0 Å². The van der Waals surface area contributed by atoms with Gasteiger partial charge in [0.05, 0.1) is 0 Å². The van der Waals surface area contributed by atoms with Gasteiger partial charge in [-0.1, -0.05) is 13.0 Å². The summed E-state index contributed by atoms with van der Waals surface area (Å²) >= 11 is 0. The average Bonchev–Trinajstić information content (AvgIpc) is 2.21. The van der Waals surface area contributed by atoms with Gasteiger partial charge in [-0.25, -0.2) is 4.39 Å². The summed E-state index contributed by atoms with van der Waals surface area (Å²) in [6.45, 7) is 3.61. The van der Waals surface area contributed by atoms with Crippen molar-refractivity contribution < 1.29 is 14.3 Å². The molecule has 1 aromatic rings. The van der Waals surface area contributed by atoms with Crippen molar-refractivity contribution in [3.8, 4) is 0 Å². The summed E-state index contributed by atoms with van der Waals surface area (Å²) in [5.74, 6) is -1.28. The average molecular weight is 225 g/mol. The number of halogens is 1. The van der Waals surface area contributed by atoms with Crippen LogP contribution in [-0.2, 0) is 17.6 Å². The third kappa shape index (κ3) is 2.79. The van der Waals surface area contributed by atoms with Gasteiger partial charge >= 0.3 is 5.97 Å². The molecule has 0 aliphatic rings. The van der Waals surface area contributed by atoms with E-state index in [1.165, 1.54) is 6.07 Å². The van der Waals surface area contributed by atoms with E-state index < -0.39 is 12.0 Å². The van der Waals surface area contributed by atoms with Gasteiger partial charge in [-0.2, -0.15) is 0 Å². The predicted molar refractivity (Wildman–Crippen MR) is 59.8 cm³/mol. The molecule has 1 unspecified atom stereocenters. The van der Waals surface area contributed by atoms with Gasteiger partial charge in [0.15, 0.2) is 0 Å². The molecule has 16 heavy (non-hydrogen) atoms.